The number of likely N-dealkylation sites (tertiary alicyclic amines) is 1. The van der Waals surface area contributed by atoms with Crippen LogP contribution in [0.4, 0.5) is 0 Å². The van der Waals surface area contributed by atoms with E-state index in [1.807, 2.05) is 0 Å². The van der Waals surface area contributed by atoms with Gasteiger partial charge in [0.25, 0.3) is 0 Å². The molecular weight excluding hydrogens is 224 g/mol. The van der Waals surface area contributed by atoms with Crippen LogP contribution >= 0.6 is 0 Å². The summed E-state index contributed by atoms with van der Waals surface area (Å²) in [6.07, 6.45) is 2.39. The molecule has 4 atom stereocenters. The first-order valence-corrected chi connectivity index (χ1v) is 7.55. The summed E-state index contributed by atoms with van der Waals surface area (Å²) in [5.74, 6) is 1.60. The Morgan fingerprint density at radius 3 is 2.50 bits per heavy atom. The van der Waals surface area contributed by atoms with Crippen molar-refractivity contribution in [2.45, 2.75) is 65.6 Å². The van der Waals surface area contributed by atoms with Gasteiger partial charge in [0.05, 0.1) is 6.61 Å². The molecule has 0 aliphatic carbocycles. The van der Waals surface area contributed by atoms with Crippen molar-refractivity contribution in [1.29, 1.82) is 0 Å². The maximum atomic E-state index is 9.39. The van der Waals surface area contributed by atoms with Crippen molar-refractivity contribution in [3.8, 4) is 0 Å². The molecule has 4 unspecified atom stereocenters. The SMILES string of the molecule is CC1CC(C)C(C)N(CCC(CO)NC(C)C)C1. The quantitative estimate of drug-likeness (QED) is 0.764. The van der Waals surface area contributed by atoms with E-state index >= 15 is 0 Å². The van der Waals surface area contributed by atoms with Crippen molar-refractivity contribution in [1.82, 2.24) is 10.2 Å². The zero-order chi connectivity index (χ0) is 13.7. The molecule has 3 heteroatoms. The van der Waals surface area contributed by atoms with E-state index in [1.165, 1.54) is 13.0 Å². The summed E-state index contributed by atoms with van der Waals surface area (Å²) in [7, 11) is 0. The number of rotatable bonds is 6. The van der Waals surface area contributed by atoms with Crippen LogP contribution in [0.25, 0.3) is 0 Å². The van der Waals surface area contributed by atoms with E-state index in [4.69, 9.17) is 0 Å². The van der Waals surface area contributed by atoms with E-state index in [-0.39, 0.29) is 12.6 Å². The molecule has 108 valence electrons. The number of aliphatic hydroxyl groups excluding tert-OH is 1. The number of aliphatic hydroxyl groups is 1. The average molecular weight is 256 g/mol. The van der Waals surface area contributed by atoms with Crippen molar-refractivity contribution in [2.75, 3.05) is 19.7 Å². The molecule has 2 N–H and O–H groups in total. The van der Waals surface area contributed by atoms with Crippen molar-refractivity contribution in [3.63, 3.8) is 0 Å². The van der Waals surface area contributed by atoms with Gasteiger partial charge in [-0.3, -0.25) is 0 Å². The Morgan fingerprint density at radius 1 is 1.28 bits per heavy atom. The molecule has 0 saturated carbocycles. The predicted octanol–water partition coefficient (Wildman–Crippen LogP) is 2.10. The van der Waals surface area contributed by atoms with Gasteiger partial charge in [-0.25, -0.2) is 0 Å². The minimum Gasteiger partial charge on any atom is -0.395 e. The zero-order valence-corrected chi connectivity index (χ0v) is 12.8. The fraction of sp³-hybridized carbons (Fsp3) is 1.00. The topological polar surface area (TPSA) is 35.5 Å². The Hall–Kier alpha value is -0.120. The molecule has 3 nitrogen and oxygen atoms in total. The third kappa shape index (κ3) is 4.87. The Bertz CT molecular complexity index is 233. The highest BCUT2D eigenvalue weighted by atomic mass is 16.3. The van der Waals surface area contributed by atoms with Gasteiger partial charge in [0.15, 0.2) is 0 Å². The predicted molar refractivity (Wildman–Crippen MR) is 77.7 cm³/mol. The number of piperidine rings is 1. The van der Waals surface area contributed by atoms with Crippen molar-refractivity contribution < 1.29 is 5.11 Å². The third-order valence-corrected chi connectivity index (χ3v) is 4.27. The lowest BCUT2D eigenvalue weighted by Crippen LogP contribution is -2.48. The highest BCUT2D eigenvalue weighted by Gasteiger charge is 2.28. The van der Waals surface area contributed by atoms with Crippen LogP contribution in [0.2, 0.25) is 0 Å². The summed E-state index contributed by atoms with van der Waals surface area (Å²) in [6.45, 7) is 13.9. The first-order chi connectivity index (χ1) is 8.43. The van der Waals surface area contributed by atoms with Crippen molar-refractivity contribution in [3.05, 3.63) is 0 Å². The molecule has 1 fully saturated rings. The molecular formula is C15H32N2O. The highest BCUT2D eigenvalue weighted by molar-refractivity contribution is 4.83. The summed E-state index contributed by atoms with van der Waals surface area (Å²) in [5, 5.41) is 12.8. The molecule has 1 rings (SSSR count). The molecule has 0 radical (unpaired) electrons. The van der Waals surface area contributed by atoms with Crippen LogP contribution in [0.1, 0.15) is 47.5 Å². The minimum absolute atomic E-state index is 0.240. The molecule has 0 bridgehead atoms. The molecule has 0 aromatic rings. The maximum absolute atomic E-state index is 9.39. The van der Waals surface area contributed by atoms with Gasteiger partial charge in [0, 0.05) is 31.2 Å². The Labute approximate surface area is 113 Å². The molecule has 0 amide bonds. The summed E-state index contributed by atoms with van der Waals surface area (Å²) in [6, 6.07) is 1.36. The van der Waals surface area contributed by atoms with Crippen molar-refractivity contribution >= 4 is 0 Å². The first kappa shape index (κ1) is 15.9. The normalized spacial score (nSPS) is 31.8. The van der Waals surface area contributed by atoms with Crippen LogP contribution in [-0.4, -0.2) is 47.8 Å². The molecule has 0 aromatic carbocycles. The van der Waals surface area contributed by atoms with E-state index in [1.54, 1.807) is 0 Å². The molecule has 18 heavy (non-hydrogen) atoms. The molecule has 0 aromatic heterocycles. The van der Waals surface area contributed by atoms with E-state index in [9.17, 15) is 5.11 Å². The van der Waals surface area contributed by atoms with Gasteiger partial charge in [0.1, 0.15) is 0 Å². The number of nitrogens with zero attached hydrogens (tertiary/aromatic N) is 1. The van der Waals surface area contributed by atoms with Gasteiger partial charge in [-0.05, 0) is 31.6 Å². The molecule has 1 heterocycles. The van der Waals surface area contributed by atoms with Crippen LogP contribution in [-0.2, 0) is 0 Å². The lowest BCUT2D eigenvalue weighted by atomic mass is 9.86. The number of nitrogens with one attached hydrogen (secondary N) is 1. The van der Waals surface area contributed by atoms with Crippen LogP contribution in [0, 0.1) is 11.8 Å². The molecule has 1 saturated heterocycles. The van der Waals surface area contributed by atoms with Gasteiger partial charge in [-0.2, -0.15) is 0 Å². The van der Waals surface area contributed by atoms with E-state index in [2.05, 4.69) is 44.8 Å². The average Bonchev–Trinajstić information content (AvgIpc) is 2.29. The van der Waals surface area contributed by atoms with Gasteiger partial charge in [0.2, 0.25) is 0 Å². The van der Waals surface area contributed by atoms with Crippen LogP contribution in [0.3, 0.4) is 0 Å². The lowest BCUT2D eigenvalue weighted by molar-refractivity contribution is 0.0724. The van der Waals surface area contributed by atoms with Gasteiger partial charge in [-0.1, -0.05) is 27.7 Å². The lowest BCUT2D eigenvalue weighted by Gasteiger charge is -2.41. The van der Waals surface area contributed by atoms with Gasteiger partial charge in [-0.15, -0.1) is 0 Å². The van der Waals surface area contributed by atoms with Gasteiger partial charge >= 0.3 is 0 Å². The largest absolute Gasteiger partial charge is 0.395 e. The van der Waals surface area contributed by atoms with Gasteiger partial charge < -0.3 is 15.3 Å². The fourth-order valence-electron chi connectivity index (χ4n) is 3.15. The molecule has 1 aliphatic heterocycles. The number of hydrogen-bond acceptors (Lipinski definition) is 3. The fourth-order valence-corrected chi connectivity index (χ4v) is 3.15. The van der Waals surface area contributed by atoms with Crippen LogP contribution in [0.5, 0.6) is 0 Å². The van der Waals surface area contributed by atoms with E-state index in [0.29, 0.717) is 12.1 Å². The van der Waals surface area contributed by atoms with E-state index < -0.39 is 0 Å². The Balaban J connectivity index is 2.40. The Morgan fingerprint density at radius 2 is 1.94 bits per heavy atom. The molecule has 0 spiro atoms. The molecule has 1 aliphatic rings. The monoisotopic (exact) mass is 256 g/mol. The summed E-state index contributed by atoms with van der Waals surface area (Å²) in [5.41, 5.74) is 0. The standard InChI is InChI=1S/C15H32N2O/c1-11(2)16-15(10-18)6-7-17-9-12(3)8-13(4)14(17)5/h11-16,18H,6-10H2,1-5H3. The number of hydrogen-bond donors (Lipinski definition) is 2. The third-order valence-electron chi connectivity index (χ3n) is 4.27. The summed E-state index contributed by atoms with van der Waals surface area (Å²) >= 11 is 0. The highest BCUT2D eigenvalue weighted by Crippen LogP contribution is 2.26. The van der Waals surface area contributed by atoms with Crippen LogP contribution < -0.4 is 5.32 Å². The zero-order valence-electron chi connectivity index (χ0n) is 12.8. The first-order valence-electron chi connectivity index (χ1n) is 7.55. The smallest absolute Gasteiger partial charge is 0.0585 e. The summed E-state index contributed by atoms with van der Waals surface area (Å²) < 4.78 is 0. The second kappa shape index (κ2) is 7.46. The van der Waals surface area contributed by atoms with Crippen molar-refractivity contribution in [2.24, 2.45) is 11.8 Å². The summed E-state index contributed by atoms with van der Waals surface area (Å²) in [4.78, 5) is 2.60. The van der Waals surface area contributed by atoms with Crippen LogP contribution in [0.15, 0.2) is 0 Å². The van der Waals surface area contributed by atoms with E-state index in [0.717, 1.165) is 24.8 Å². The second-order valence-electron chi connectivity index (χ2n) is 6.54. The second-order valence-corrected chi connectivity index (χ2v) is 6.54. The Kier molecular flexibility index (Phi) is 6.61. The minimum atomic E-state index is 0.240. The maximum Gasteiger partial charge on any atom is 0.0585 e.